The van der Waals surface area contributed by atoms with Gasteiger partial charge in [0.25, 0.3) is 0 Å². The Morgan fingerprint density at radius 1 is 0.368 bits per heavy atom. The van der Waals surface area contributed by atoms with Crippen molar-refractivity contribution >= 4 is 21.7 Å². The highest BCUT2D eigenvalue weighted by molar-refractivity contribution is 6.08. The summed E-state index contributed by atoms with van der Waals surface area (Å²) in [4.78, 5) is 15.2. The van der Waals surface area contributed by atoms with Gasteiger partial charge in [0.2, 0.25) is 0 Å². The van der Waals surface area contributed by atoms with Crippen LogP contribution in [0.4, 0.5) is 0 Å². The fraction of sp³-hybridized carbons (Fsp3) is 0.0185. The lowest BCUT2D eigenvalue weighted by molar-refractivity contribution is 0.768. The molecule has 0 fully saturated rings. The van der Waals surface area contributed by atoms with Crippen LogP contribution in [0.5, 0.6) is 0 Å². The monoisotopic (exact) mass is 725 g/mol. The van der Waals surface area contributed by atoms with Crippen LogP contribution < -0.4 is 0 Å². The van der Waals surface area contributed by atoms with Crippen molar-refractivity contribution in [2.45, 2.75) is 5.41 Å². The van der Waals surface area contributed by atoms with E-state index in [1.807, 2.05) is 30.5 Å². The third-order valence-electron chi connectivity index (χ3n) is 11.6. The van der Waals surface area contributed by atoms with Gasteiger partial charge in [0.1, 0.15) is 0 Å². The lowest BCUT2D eigenvalue weighted by atomic mass is 9.67. The Morgan fingerprint density at radius 3 is 1.67 bits per heavy atom. The third kappa shape index (κ3) is 5.17. The molecule has 2 aromatic heterocycles. The van der Waals surface area contributed by atoms with Gasteiger partial charge in [0.15, 0.2) is 5.82 Å². The fourth-order valence-electron chi connectivity index (χ4n) is 9.23. The van der Waals surface area contributed by atoms with Crippen LogP contribution in [0.1, 0.15) is 22.3 Å². The molecule has 1 aliphatic carbocycles. The molecule has 0 aliphatic heterocycles. The van der Waals surface area contributed by atoms with E-state index in [-0.39, 0.29) is 0 Å². The van der Waals surface area contributed by atoms with E-state index in [0.29, 0.717) is 5.82 Å². The number of benzene rings is 8. The summed E-state index contributed by atoms with van der Waals surface area (Å²) in [5.74, 6) is 0.680. The first-order valence-corrected chi connectivity index (χ1v) is 19.4. The number of aromatic nitrogens is 3. The standard InChI is InChI=1S/C54H35N3/c1-4-17-37(18-5-1)53-56-49(35-50(57-53)46-29-14-19-36-20-16-34-55-52(36)46)43-33-32-42(40-25-10-11-26-41(40)43)44-28-15-31-48-51(44)45-27-12-13-30-47(45)54(48,38-21-6-2-7-22-38)39-23-8-3-9-24-39/h1-35H. The Hall–Kier alpha value is -7.49. The van der Waals surface area contributed by atoms with Crippen LogP contribution in [0.15, 0.2) is 212 Å². The molecule has 0 radical (unpaired) electrons. The molecule has 266 valence electrons. The average Bonchev–Trinajstić information content (AvgIpc) is 3.60. The van der Waals surface area contributed by atoms with Crippen LogP contribution >= 0.6 is 0 Å². The van der Waals surface area contributed by atoms with Crippen LogP contribution in [0.2, 0.25) is 0 Å². The Morgan fingerprint density at radius 2 is 0.912 bits per heavy atom. The molecule has 57 heavy (non-hydrogen) atoms. The maximum absolute atomic E-state index is 5.27. The van der Waals surface area contributed by atoms with Crippen LogP contribution in [-0.2, 0) is 5.41 Å². The first-order valence-electron chi connectivity index (χ1n) is 19.4. The molecule has 8 aromatic carbocycles. The first-order chi connectivity index (χ1) is 28.3. The number of hydrogen-bond donors (Lipinski definition) is 0. The molecule has 0 N–H and O–H groups in total. The number of rotatable bonds is 6. The summed E-state index contributed by atoms with van der Waals surface area (Å²) in [5.41, 5.74) is 15.2. The number of fused-ring (bicyclic) bond motifs is 5. The molecule has 11 rings (SSSR count). The van der Waals surface area contributed by atoms with E-state index in [4.69, 9.17) is 15.0 Å². The van der Waals surface area contributed by atoms with Crippen molar-refractivity contribution in [3.8, 4) is 56.2 Å². The van der Waals surface area contributed by atoms with Gasteiger partial charge in [-0.2, -0.15) is 0 Å². The lowest BCUT2D eigenvalue weighted by Crippen LogP contribution is -2.28. The fourth-order valence-corrected chi connectivity index (χ4v) is 9.23. The van der Waals surface area contributed by atoms with E-state index < -0.39 is 5.41 Å². The van der Waals surface area contributed by atoms with Crippen molar-refractivity contribution in [3.05, 3.63) is 235 Å². The second kappa shape index (κ2) is 13.4. The zero-order chi connectivity index (χ0) is 37.8. The van der Waals surface area contributed by atoms with Crippen molar-refractivity contribution in [3.63, 3.8) is 0 Å². The molecular weight excluding hydrogens is 691 g/mol. The molecule has 1 aliphatic rings. The molecule has 3 heteroatoms. The van der Waals surface area contributed by atoms with Gasteiger partial charge in [0, 0.05) is 28.3 Å². The Bertz CT molecular complexity index is 3070. The Balaban J connectivity index is 1.15. The van der Waals surface area contributed by atoms with Gasteiger partial charge in [-0.25, -0.2) is 9.97 Å². The van der Waals surface area contributed by atoms with Gasteiger partial charge in [0.05, 0.1) is 22.3 Å². The van der Waals surface area contributed by atoms with Crippen molar-refractivity contribution in [1.82, 2.24) is 15.0 Å². The van der Waals surface area contributed by atoms with E-state index >= 15 is 0 Å². The number of pyridine rings is 1. The van der Waals surface area contributed by atoms with E-state index in [2.05, 4.69) is 182 Å². The van der Waals surface area contributed by atoms with Gasteiger partial charge < -0.3 is 0 Å². The molecular formula is C54H35N3. The van der Waals surface area contributed by atoms with Gasteiger partial charge >= 0.3 is 0 Å². The summed E-state index contributed by atoms with van der Waals surface area (Å²) >= 11 is 0. The van der Waals surface area contributed by atoms with Crippen LogP contribution in [0.25, 0.3) is 77.8 Å². The quantitative estimate of drug-likeness (QED) is 0.171. The summed E-state index contributed by atoms with van der Waals surface area (Å²) in [6.07, 6.45) is 1.85. The van der Waals surface area contributed by atoms with E-state index in [0.717, 1.165) is 44.4 Å². The maximum Gasteiger partial charge on any atom is 0.160 e. The first kappa shape index (κ1) is 32.9. The van der Waals surface area contributed by atoms with Crippen molar-refractivity contribution in [1.29, 1.82) is 0 Å². The highest BCUT2D eigenvalue weighted by Crippen LogP contribution is 2.58. The Labute approximate surface area is 331 Å². The van der Waals surface area contributed by atoms with Crippen LogP contribution in [0, 0.1) is 0 Å². The third-order valence-corrected chi connectivity index (χ3v) is 11.6. The zero-order valence-electron chi connectivity index (χ0n) is 31.0. The lowest BCUT2D eigenvalue weighted by Gasteiger charge is -2.34. The summed E-state index contributed by atoms with van der Waals surface area (Å²) in [5, 5.41) is 3.38. The predicted octanol–water partition coefficient (Wildman–Crippen LogP) is 13.2. The minimum Gasteiger partial charge on any atom is -0.256 e. The van der Waals surface area contributed by atoms with E-state index in [1.54, 1.807) is 0 Å². The second-order valence-electron chi connectivity index (χ2n) is 14.7. The molecule has 2 heterocycles. The largest absolute Gasteiger partial charge is 0.256 e. The molecule has 0 saturated carbocycles. The van der Waals surface area contributed by atoms with Gasteiger partial charge in [-0.3, -0.25) is 4.98 Å². The average molecular weight is 726 g/mol. The molecule has 10 aromatic rings. The highest BCUT2D eigenvalue weighted by Gasteiger charge is 2.46. The summed E-state index contributed by atoms with van der Waals surface area (Å²) in [7, 11) is 0. The number of nitrogens with zero attached hydrogens (tertiary/aromatic N) is 3. The maximum atomic E-state index is 5.27. The topological polar surface area (TPSA) is 38.7 Å². The van der Waals surface area contributed by atoms with E-state index in [9.17, 15) is 0 Å². The normalized spacial score (nSPS) is 12.7. The predicted molar refractivity (Wildman–Crippen MR) is 234 cm³/mol. The molecule has 0 amide bonds. The number of para-hydroxylation sites is 1. The van der Waals surface area contributed by atoms with Gasteiger partial charge in [-0.05, 0) is 67.4 Å². The van der Waals surface area contributed by atoms with Crippen molar-refractivity contribution < 1.29 is 0 Å². The smallest absolute Gasteiger partial charge is 0.160 e. The Kier molecular flexibility index (Phi) is 7.71. The minimum absolute atomic E-state index is 0.470. The van der Waals surface area contributed by atoms with E-state index in [1.165, 1.54) is 49.9 Å². The van der Waals surface area contributed by atoms with Crippen molar-refractivity contribution in [2.24, 2.45) is 0 Å². The highest BCUT2D eigenvalue weighted by atomic mass is 14.9. The van der Waals surface area contributed by atoms with Gasteiger partial charge in [-0.1, -0.05) is 194 Å². The molecule has 0 unspecified atom stereocenters. The molecule has 0 saturated heterocycles. The molecule has 0 spiro atoms. The van der Waals surface area contributed by atoms with Crippen LogP contribution in [-0.4, -0.2) is 15.0 Å². The summed E-state index contributed by atoms with van der Waals surface area (Å²) in [6.45, 7) is 0. The summed E-state index contributed by atoms with van der Waals surface area (Å²) < 4.78 is 0. The van der Waals surface area contributed by atoms with Gasteiger partial charge in [-0.15, -0.1) is 0 Å². The molecule has 0 bridgehead atoms. The molecule has 0 atom stereocenters. The SMILES string of the molecule is c1ccc(-c2nc(-c3ccc(-c4cccc5c4-c4ccccc4C5(c4ccccc4)c4ccccc4)c4ccccc34)cc(-c3cccc4cccnc34)n2)cc1. The zero-order valence-corrected chi connectivity index (χ0v) is 31.0. The van der Waals surface area contributed by atoms with Crippen molar-refractivity contribution in [2.75, 3.05) is 0 Å². The second-order valence-corrected chi connectivity index (χ2v) is 14.7. The summed E-state index contributed by atoms with van der Waals surface area (Å²) in [6, 6.07) is 73.9. The number of hydrogen-bond acceptors (Lipinski definition) is 3. The minimum atomic E-state index is -0.470. The van der Waals surface area contributed by atoms with Crippen LogP contribution in [0.3, 0.4) is 0 Å². The molecule has 3 nitrogen and oxygen atoms in total.